The minimum Gasteiger partial charge on any atom is -0.306 e. The van der Waals surface area contributed by atoms with Crippen LogP contribution in [0.3, 0.4) is 0 Å². The van der Waals surface area contributed by atoms with Gasteiger partial charge in [0.05, 0.1) is 11.7 Å². The number of carbonyl (C=O) groups is 1. The quantitative estimate of drug-likeness (QED) is 0.883. The van der Waals surface area contributed by atoms with Gasteiger partial charge < -0.3 is 10.6 Å². The Bertz CT molecular complexity index is 422. The average molecular weight is 265 g/mol. The monoisotopic (exact) mass is 265 g/mol. The summed E-state index contributed by atoms with van der Waals surface area (Å²) >= 11 is 1.55. The van der Waals surface area contributed by atoms with Gasteiger partial charge in [-0.2, -0.15) is 0 Å². The first kappa shape index (κ1) is 12.1. The molecule has 2 N–H and O–H groups in total. The second-order valence-electron chi connectivity index (χ2n) is 5.20. The molecule has 2 fully saturated rings. The van der Waals surface area contributed by atoms with Gasteiger partial charge in [0.2, 0.25) is 5.91 Å². The number of nitrogens with one attached hydrogen (secondary N) is 2. The largest absolute Gasteiger partial charge is 0.306 e. The molecule has 0 aromatic carbocycles. The van der Waals surface area contributed by atoms with Gasteiger partial charge in [-0.15, -0.1) is 11.3 Å². The molecule has 1 saturated heterocycles. The number of thiazole rings is 1. The van der Waals surface area contributed by atoms with Gasteiger partial charge in [-0.3, -0.25) is 4.79 Å². The number of hydrogen-bond acceptors (Lipinski definition) is 4. The van der Waals surface area contributed by atoms with E-state index in [0.29, 0.717) is 5.92 Å². The molecule has 2 aliphatic rings. The maximum atomic E-state index is 11.8. The third-order valence-corrected chi connectivity index (χ3v) is 4.69. The molecule has 3 rings (SSSR count). The van der Waals surface area contributed by atoms with E-state index in [1.54, 1.807) is 11.3 Å². The van der Waals surface area contributed by atoms with Crippen LogP contribution in [0.1, 0.15) is 50.1 Å². The van der Waals surface area contributed by atoms with Crippen molar-refractivity contribution in [1.82, 2.24) is 10.3 Å². The second kappa shape index (κ2) is 5.36. The standard InChI is InChI=1S/C13H19N3OS/c17-12(10-6-7-14-10)16-13-15-11(8-18-13)9-4-2-1-3-5-9/h8-10,14H,1-7H2,(H,15,16,17). The normalized spacial score (nSPS) is 24.6. The highest BCUT2D eigenvalue weighted by Gasteiger charge is 2.25. The first-order chi connectivity index (χ1) is 8.83. The van der Waals surface area contributed by atoms with E-state index in [1.165, 1.54) is 37.8 Å². The Labute approximate surface area is 111 Å². The van der Waals surface area contributed by atoms with Crippen molar-refractivity contribution < 1.29 is 4.79 Å². The van der Waals surface area contributed by atoms with Crippen LogP contribution in [-0.4, -0.2) is 23.5 Å². The van der Waals surface area contributed by atoms with E-state index in [0.717, 1.165) is 18.1 Å². The van der Waals surface area contributed by atoms with Crippen LogP contribution in [0.4, 0.5) is 5.13 Å². The van der Waals surface area contributed by atoms with Crippen molar-refractivity contribution in [1.29, 1.82) is 0 Å². The molecule has 0 spiro atoms. The van der Waals surface area contributed by atoms with Crippen molar-refractivity contribution >= 4 is 22.4 Å². The van der Waals surface area contributed by atoms with Crippen LogP contribution in [0.2, 0.25) is 0 Å². The predicted octanol–water partition coefficient (Wildman–Crippen LogP) is 2.49. The summed E-state index contributed by atoms with van der Waals surface area (Å²) in [5.41, 5.74) is 1.18. The number of hydrogen-bond donors (Lipinski definition) is 2. The summed E-state index contributed by atoms with van der Waals surface area (Å²) in [6.45, 7) is 0.948. The summed E-state index contributed by atoms with van der Waals surface area (Å²) in [7, 11) is 0. The van der Waals surface area contributed by atoms with E-state index in [9.17, 15) is 4.79 Å². The lowest BCUT2D eigenvalue weighted by atomic mass is 9.87. The van der Waals surface area contributed by atoms with Crippen molar-refractivity contribution in [2.24, 2.45) is 0 Å². The van der Waals surface area contributed by atoms with Crippen LogP contribution in [0, 0.1) is 0 Å². The summed E-state index contributed by atoms with van der Waals surface area (Å²) in [6, 6.07) is -0.00738. The van der Waals surface area contributed by atoms with Gasteiger partial charge >= 0.3 is 0 Å². The molecule has 0 bridgehead atoms. The van der Waals surface area contributed by atoms with Gasteiger partial charge in [-0.1, -0.05) is 19.3 Å². The van der Waals surface area contributed by atoms with E-state index < -0.39 is 0 Å². The van der Waals surface area contributed by atoms with E-state index in [4.69, 9.17) is 0 Å². The number of rotatable bonds is 3. The number of anilines is 1. The Kier molecular flexibility index (Phi) is 3.61. The van der Waals surface area contributed by atoms with E-state index >= 15 is 0 Å². The van der Waals surface area contributed by atoms with Crippen LogP contribution in [-0.2, 0) is 4.79 Å². The molecular weight excluding hydrogens is 246 g/mol. The van der Waals surface area contributed by atoms with Crippen molar-refractivity contribution in [3.8, 4) is 0 Å². The fourth-order valence-electron chi connectivity index (χ4n) is 2.63. The smallest absolute Gasteiger partial charge is 0.243 e. The lowest BCUT2D eigenvalue weighted by Crippen LogP contribution is -2.50. The number of nitrogens with zero attached hydrogens (tertiary/aromatic N) is 1. The molecule has 1 amide bonds. The van der Waals surface area contributed by atoms with Crippen molar-refractivity contribution in [3.63, 3.8) is 0 Å². The lowest BCUT2D eigenvalue weighted by Gasteiger charge is -2.25. The van der Waals surface area contributed by atoms with Gasteiger partial charge in [0.1, 0.15) is 0 Å². The molecule has 1 aliphatic carbocycles. The molecule has 1 unspecified atom stereocenters. The number of carbonyl (C=O) groups excluding carboxylic acids is 1. The zero-order valence-corrected chi connectivity index (χ0v) is 11.3. The molecular formula is C13H19N3OS. The average Bonchev–Trinajstić information content (AvgIpc) is 2.76. The van der Waals surface area contributed by atoms with Crippen LogP contribution in [0.15, 0.2) is 5.38 Å². The van der Waals surface area contributed by atoms with Crippen molar-refractivity contribution in [2.45, 2.75) is 50.5 Å². The molecule has 0 radical (unpaired) electrons. The molecule has 1 saturated carbocycles. The zero-order valence-electron chi connectivity index (χ0n) is 10.4. The Balaban J connectivity index is 1.60. The topological polar surface area (TPSA) is 54.0 Å². The molecule has 18 heavy (non-hydrogen) atoms. The van der Waals surface area contributed by atoms with Crippen molar-refractivity contribution in [3.05, 3.63) is 11.1 Å². The fourth-order valence-corrected chi connectivity index (χ4v) is 3.43. The predicted molar refractivity (Wildman–Crippen MR) is 73.0 cm³/mol. The summed E-state index contributed by atoms with van der Waals surface area (Å²) in [6.07, 6.45) is 7.43. The third-order valence-electron chi connectivity index (χ3n) is 3.92. The molecule has 1 aliphatic heterocycles. The summed E-state index contributed by atoms with van der Waals surface area (Å²) in [5, 5.41) is 8.88. The first-order valence-electron chi connectivity index (χ1n) is 6.82. The van der Waals surface area contributed by atoms with Gasteiger partial charge in [0.15, 0.2) is 5.13 Å². The molecule has 4 nitrogen and oxygen atoms in total. The Morgan fingerprint density at radius 1 is 1.33 bits per heavy atom. The Hall–Kier alpha value is -0.940. The molecule has 2 heterocycles. The SMILES string of the molecule is O=C(Nc1nc(C2CCCCC2)cs1)C1CCN1. The molecule has 98 valence electrons. The highest BCUT2D eigenvalue weighted by molar-refractivity contribution is 7.13. The van der Waals surface area contributed by atoms with Crippen LogP contribution in [0.25, 0.3) is 0 Å². The highest BCUT2D eigenvalue weighted by Crippen LogP contribution is 2.34. The van der Waals surface area contributed by atoms with E-state index in [1.807, 2.05) is 0 Å². The highest BCUT2D eigenvalue weighted by atomic mass is 32.1. The molecule has 5 heteroatoms. The fraction of sp³-hybridized carbons (Fsp3) is 0.692. The van der Waals surface area contributed by atoms with Gasteiger partial charge in [0, 0.05) is 11.3 Å². The zero-order chi connectivity index (χ0) is 12.4. The molecule has 1 aromatic heterocycles. The lowest BCUT2D eigenvalue weighted by molar-refractivity contribution is -0.119. The molecule has 1 atom stereocenters. The van der Waals surface area contributed by atoms with E-state index in [2.05, 4.69) is 21.0 Å². The van der Waals surface area contributed by atoms with Crippen LogP contribution >= 0.6 is 11.3 Å². The van der Waals surface area contributed by atoms with Gasteiger partial charge in [-0.25, -0.2) is 4.98 Å². The first-order valence-corrected chi connectivity index (χ1v) is 7.70. The summed E-state index contributed by atoms with van der Waals surface area (Å²) in [4.78, 5) is 16.3. The minimum atomic E-state index is -0.00738. The van der Waals surface area contributed by atoms with Crippen LogP contribution < -0.4 is 10.6 Å². The Morgan fingerprint density at radius 2 is 2.11 bits per heavy atom. The van der Waals surface area contributed by atoms with E-state index in [-0.39, 0.29) is 11.9 Å². The second-order valence-corrected chi connectivity index (χ2v) is 6.06. The van der Waals surface area contributed by atoms with Crippen LogP contribution in [0.5, 0.6) is 0 Å². The van der Waals surface area contributed by atoms with Crippen molar-refractivity contribution in [2.75, 3.05) is 11.9 Å². The van der Waals surface area contributed by atoms with Gasteiger partial charge in [-0.05, 0) is 25.8 Å². The maximum Gasteiger partial charge on any atom is 0.243 e. The van der Waals surface area contributed by atoms with Gasteiger partial charge in [0.25, 0.3) is 0 Å². The maximum absolute atomic E-state index is 11.8. The number of amides is 1. The Morgan fingerprint density at radius 3 is 2.78 bits per heavy atom. The summed E-state index contributed by atoms with van der Waals surface area (Å²) in [5.74, 6) is 0.674. The third kappa shape index (κ3) is 2.57. The molecule has 1 aromatic rings. The summed E-state index contributed by atoms with van der Waals surface area (Å²) < 4.78 is 0. The minimum absolute atomic E-state index is 0.00738. The number of aromatic nitrogens is 1.